The minimum Gasteiger partial charge on any atom is -0.444 e. The number of nitriles is 1. The Morgan fingerprint density at radius 1 is 0.522 bits per heavy atom. The molecule has 0 unspecified atom stereocenters. The number of hydrogen-bond donors (Lipinski definition) is 2. The summed E-state index contributed by atoms with van der Waals surface area (Å²) in [6, 6.07) is 26.8. The summed E-state index contributed by atoms with van der Waals surface area (Å²) in [5.74, 6) is 0. The maximum Gasteiger partial charge on any atom is 0.494 e. The Hall–Kier alpha value is -3.67. The molecule has 67 heavy (non-hydrogen) atoms. The van der Waals surface area contributed by atoms with Crippen LogP contribution in [0.4, 0.5) is 4.79 Å². The number of carbonyl (C=O) groups is 1. The first-order chi connectivity index (χ1) is 30.3. The van der Waals surface area contributed by atoms with Crippen LogP contribution in [-0.2, 0) is 48.9 Å². The van der Waals surface area contributed by atoms with Crippen LogP contribution < -0.4 is 27.4 Å². The molecule has 11 nitrogen and oxygen atoms in total. The zero-order valence-corrected chi connectivity index (χ0v) is 44.9. The molecule has 3 aromatic carbocycles. The maximum absolute atomic E-state index is 11.9. The minimum absolute atomic E-state index is 0.00549. The Bertz CT molecular complexity index is 2140. The number of nitrogens with zero attached hydrogens (tertiary/aromatic N) is 1. The van der Waals surface area contributed by atoms with E-state index in [0.717, 1.165) is 27.5 Å². The van der Waals surface area contributed by atoms with Crippen molar-refractivity contribution in [2.24, 2.45) is 5.73 Å². The van der Waals surface area contributed by atoms with Gasteiger partial charge in [0.05, 0.1) is 45.1 Å². The lowest BCUT2D eigenvalue weighted by Gasteiger charge is -2.32. The van der Waals surface area contributed by atoms with Crippen LogP contribution in [0, 0.1) is 11.3 Å². The Labute approximate surface area is 405 Å². The molecular formula is C53H82B3N3O8. The molecule has 6 rings (SSSR count). The SMILES string of the molecule is CC(C)(C#N)c1ccc(B2OC(C)(C)C(C)(C)O2)cc1.CC(C)(C)OC(=O)NCC(C)(C)c1ccc(B2OC(C)(C)C(C)(C)O2)cc1.CC(C)(CN)c1ccc(B2OC(C)(C)C(C)(C)O2)cc1. The van der Waals surface area contributed by atoms with Crippen LogP contribution >= 0.6 is 0 Å². The normalized spacial score (nSPS) is 20.2. The molecule has 3 saturated heterocycles. The lowest BCUT2D eigenvalue weighted by atomic mass is 9.76. The highest BCUT2D eigenvalue weighted by molar-refractivity contribution is 6.63. The van der Waals surface area contributed by atoms with Gasteiger partial charge in [-0.15, -0.1) is 0 Å². The van der Waals surface area contributed by atoms with Gasteiger partial charge in [0.1, 0.15) is 5.60 Å². The van der Waals surface area contributed by atoms with Crippen LogP contribution in [0.1, 0.15) is 162 Å². The fraction of sp³-hybridized carbons (Fsp3) is 0.623. The molecule has 3 fully saturated rings. The first kappa shape index (κ1) is 55.9. The molecular weight excluding hydrogens is 839 g/mol. The topological polar surface area (TPSA) is 144 Å². The average molecular weight is 922 g/mol. The Kier molecular flexibility index (Phi) is 16.4. The largest absolute Gasteiger partial charge is 0.494 e. The molecule has 366 valence electrons. The Balaban J connectivity index is 0.000000223. The molecule has 0 spiro atoms. The smallest absolute Gasteiger partial charge is 0.444 e. The van der Waals surface area contributed by atoms with Gasteiger partial charge < -0.3 is 43.7 Å². The predicted molar refractivity (Wildman–Crippen MR) is 274 cm³/mol. The lowest BCUT2D eigenvalue weighted by molar-refractivity contribution is 0.00578. The number of ether oxygens (including phenoxy) is 1. The number of hydrogen-bond acceptors (Lipinski definition) is 10. The van der Waals surface area contributed by atoms with Crippen LogP contribution in [0.5, 0.6) is 0 Å². The monoisotopic (exact) mass is 922 g/mol. The van der Waals surface area contributed by atoms with Gasteiger partial charge in [-0.05, 0) is 151 Å². The average Bonchev–Trinajstić information content (AvgIpc) is 3.69. The molecule has 0 saturated carbocycles. The zero-order chi connectivity index (χ0) is 51.0. The van der Waals surface area contributed by atoms with E-state index in [1.54, 1.807) is 0 Å². The molecule has 3 aromatic rings. The van der Waals surface area contributed by atoms with Crippen molar-refractivity contribution < 1.29 is 37.5 Å². The molecule has 0 radical (unpaired) electrons. The standard InChI is InChI=1S/C21H34BNO4.C16H26BNO2.C16H22BNO2/c1-18(2,3)25-17(24)23-14-19(4,5)15-10-12-16(13-11-15)22-26-20(6,7)21(8,9)27-22;2*1-14(2,11-18)12-7-9-13(10-8-12)17-19-15(3,4)16(5,6)20-17/h10-13H,14H2,1-9H3,(H,23,24);7-10H,11,18H2,1-6H3;7-10H,1-6H3. The van der Waals surface area contributed by atoms with Gasteiger partial charge in [0.2, 0.25) is 0 Å². The molecule has 1 amide bonds. The zero-order valence-electron chi connectivity index (χ0n) is 44.9. The predicted octanol–water partition coefficient (Wildman–Crippen LogP) is 8.80. The third-order valence-corrected chi connectivity index (χ3v) is 14.5. The van der Waals surface area contributed by atoms with Crippen molar-refractivity contribution in [3.05, 3.63) is 89.5 Å². The number of nitrogens with one attached hydrogen (secondary N) is 1. The third kappa shape index (κ3) is 13.4. The van der Waals surface area contributed by atoms with E-state index >= 15 is 0 Å². The van der Waals surface area contributed by atoms with Gasteiger partial charge >= 0.3 is 27.4 Å². The summed E-state index contributed by atoms with van der Waals surface area (Å²) in [4.78, 5) is 11.9. The number of benzene rings is 3. The fourth-order valence-electron chi connectivity index (χ4n) is 7.07. The molecule has 0 bridgehead atoms. The first-order valence-electron chi connectivity index (χ1n) is 23.8. The first-order valence-corrected chi connectivity index (χ1v) is 23.8. The van der Waals surface area contributed by atoms with Gasteiger partial charge in [-0.1, -0.05) is 100 Å². The Morgan fingerprint density at radius 2 is 0.791 bits per heavy atom. The molecule has 3 aliphatic heterocycles. The quantitative estimate of drug-likeness (QED) is 0.200. The summed E-state index contributed by atoms with van der Waals surface area (Å²) < 4.78 is 41.7. The van der Waals surface area contributed by atoms with Crippen LogP contribution in [0.3, 0.4) is 0 Å². The highest BCUT2D eigenvalue weighted by Gasteiger charge is 2.54. The van der Waals surface area contributed by atoms with E-state index in [-0.39, 0.29) is 65.8 Å². The van der Waals surface area contributed by atoms with Crippen molar-refractivity contribution in [1.29, 1.82) is 5.26 Å². The van der Waals surface area contributed by atoms with Gasteiger partial charge in [-0.2, -0.15) is 5.26 Å². The highest BCUT2D eigenvalue weighted by atomic mass is 16.7. The van der Waals surface area contributed by atoms with Crippen molar-refractivity contribution in [3.8, 4) is 6.07 Å². The molecule has 0 aromatic heterocycles. The van der Waals surface area contributed by atoms with Gasteiger partial charge in [0.15, 0.2) is 0 Å². The summed E-state index contributed by atoms with van der Waals surface area (Å²) >= 11 is 0. The van der Waals surface area contributed by atoms with E-state index in [1.807, 2.05) is 126 Å². The van der Waals surface area contributed by atoms with Crippen molar-refractivity contribution in [2.45, 2.75) is 201 Å². The van der Waals surface area contributed by atoms with Crippen molar-refractivity contribution in [2.75, 3.05) is 13.1 Å². The van der Waals surface area contributed by atoms with Crippen molar-refractivity contribution in [3.63, 3.8) is 0 Å². The van der Waals surface area contributed by atoms with E-state index in [9.17, 15) is 4.79 Å². The summed E-state index contributed by atoms with van der Waals surface area (Å²) in [6.07, 6.45) is -0.399. The van der Waals surface area contributed by atoms with E-state index in [2.05, 4.69) is 103 Å². The molecule has 0 aliphatic carbocycles. The molecule has 0 atom stereocenters. The Morgan fingerprint density at radius 3 is 1.04 bits per heavy atom. The van der Waals surface area contributed by atoms with Crippen LogP contribution in [0.25, 0.3) is 0 Å². The number of rotatable bonds is 9. The van der Waals surface area contributed by atoms with Gasteiger partial charge in [0.25, 0.3) is 0 Å². The minimum atomic E-state index is -0.501. The summed E-state index contributed by atoms with van der Waals surface area (Å²) in [7, 11) is -1.01. The van der Waals surface area contributed by atoms with E-state index in [4.69, 9.17) is 43.7 Å². The lowest BCUT2D eigenvalue weighted by Crippen LogP contribution is -2.41. The third-order valence-electron chi connectivity index (χ3n) is 14.5. The molecule has 14 heteroatoms. The number of alkyl carbamates (subject to hydrolysis) is 1. The summed E-state index contributed by atoms with van der Waals surface area (Å²) in [5, 5.41) is 12.0. The number of nitrogens with two attached hydrogens (primary N) is 1. The molecule has 3 aliphatic rings. The van der Waals surface area contributed by atoms with Gasteiger partial charge in [-0.3, -0.25) is 0 Å². The summed E-state index contributed by atoms with van der Waals surface area (Å²) in [6.45, 7) is 43.6. The summed E-state index contributed by atoms with van der Waals surface area (Å²) in [5.41, 5.74) is 9.03. The van der Waals surface area contributed by atoms with Gasteiger partial charge in [-0.25, -0.2) is 4.79 Å². The van der Waals surface area contributed by atoms with Crippen molar-refractivity contribution in [1.82, 2.24) is 5.32 Å². The van der Waals surface area contributed by atoms with Crippen LogP contribution in [-0.4, -0.2) is 79.7 Å². The van der Waals surface area contributed by atoms with E-state index in [1.165, 1.54) is 5.56 Å². The maximum atomic E-state index is 11.9. The van der Waals surface area contributed by atoms with Crippen molar-refractivity contribution >= 4 is 43.8 Å². The molecule has 3 N–H and O–H groups in total. The van der Waals surface area contributed by atoms with E-state index in [0.29, 0.717) is 13.1 Å². The van der Waals surface area contributed by atoms with Gasteiger partial charge in [0, 0.05) is 23.9 Å². The highest BCUT2D eigenvalue weighted by Crippen LogP contribution is 2.39. The van der Waals surface area contributed by atoms with E-state index < -0.39 is 17.1 Å². The second-order valence-corrected chi connectivity index (χ2v) is 24.2. The van der Waals surface area contributed by atoms with Crippen LogP contribution in [0.15, 0.2) is 72.8 Å². The second kappa shape index (κ2) is 19.6. The fourth-order valence-corrected chi connectivity index (χ4v) is 7.07. The number of carbonyl (C=O) groups excluding carboxylic acids is 1. The molecule has 3 heterocycles. The number of amides is 1. The second-order valence-electron chi connectivity index (χ2n) is 24.2. The van der Waals surface area contributed by atoms with Crippen LogP contribution in [0.2, 0.25) is 0 Å².